The van der Waals surface area contributed by atoms with Crippen LogP contribution < -0.4 is 5.73 Å². The van der Waals surface area contributed by atoms with Crippen molar-refractivity contribution in [1.29, 1.82) is 0 Å². The maximum atomic E-state index is 10.6. The summed E-state index contributed by atoms with van der Waals surface area (Å²) in [6.45, 7) is 2.77. The highest BCUT2D eigenvalue weighted by Crippen LogP contribution is 2.50. The third-order valence-electron chi connectivity index (χ3n) is 4.35. The smallest absolute Gasteiger partial charge is 0.0888 e. The van der Waals surface area contributed by atoms with Crippen LogP contribution >= 0.6 is 0 Å². The van der Waals surface area contributed by atoms with Gasteiger partial charge in [0.05, 0.1) is 12.3 Å². The maximum absolute atomic E-state index is 10.6. The molecule has 1 fully saturated rings. The van der Waals surface area contributed by atoms with Crippen LogP contribution in [0.1, 0.15) is 44.3 Å². The van der Waals surface area contributed by atoms with Crippen molar-refractivity contribution in [2.75, 3.05) is 6.54 Å². The zero-order chi connectivity index (χ0) is 12.5. The van der Waals surface area contributed by atoms with Gasteiger partial charge in [0, 0.05) is 30.8 Å². The second kappa shape index (κ2) is 4.78. The third-order valence-corrected chi connectivity index (χ3v) is 4.35. The summed E-state index contributed by atoms with van der Waals surface area (Å²) < 4.78 is 1.73. The monoisotopic (exact) mass is 237 g/mol. The minimum absolute atomic E-state index is 0.135. The Balaban J connectivity index is 2.18. The summed E-state index contributed by atoms with van der Waals surface area (Å²) in [6.07, 6.45) is 7.60. The van der Waals surface area contributed by atoms with Crippen LogP contribution in [0.3, 0.4) is 0 Å². The molecular weight excluding hydrogens is 214 g/mol. The highest BCUT2D eigenvalue weighted by molar-refractivity contribution is 5.14. The lowest BCUT2D eigenvalue weighted by Crippen LogP contribution is -2.34. The van der Waals surface area contributed by atoms with Crippen LogP contribution in [0.4, 0.5) is 0 Å². The van der Waals surface area contributed by atoms with Crippen LogP contribution in [0.2, 0.25) is 0 Å². The summed E-state index contributed by atoms with van der Waals surface area (Å²) in [5.41, 5.74) is 6.71. The molecule has 4 nitrogen and oxygen atoms in total. The Morgan fingerprint density at radius 3 is 2.94 bits per heavy atom. The molecule has 0 saturated heterocycles. The van der Waals surface area contributed by atoms with Gasteiger partial charge in [-0.2, -0.15) is 5.10 Å². The standard InChI is InChI=1S/C13H23N3O/c1-3-10-4-5-13(6-10,9-14)12(17)11-7-15-16(2)8-11/h7-8,10,12,17H,3-6,9,14H2,1-2H3. The predicted molar refractivity (Wildman–Crippen MR) is 67.3 cm³/mol. The molecule has 17 heavy (non-hydrogen) atoms. The molecule has 0 aromatic carbocycles. The van der Waals surface area contributed by atoms with Crippen LogP contribution in [0.15, 0.2) is 12.4 Å². The van der Waals surface area contributed by atoms with Crippen molar-refractivity contribution in [3.05, 3.63) is 18.0 Å². The van der Waals surface area contributed by atoms with Gasteiger partial charge in [-0.25, -0.2) is 0 Å². The lowest BCUT2D eigenvalue weighted by molar-refractivity contribution is 0.0301. The zero-order valence-electron chi connectivity index (χ0n) is 10.8. The summed E-state index contributed by atoms with van der Waals surface area (Å²) in [4.78, 5) is 0. The minimum atomic E-state index is -0.474. The van der Waals surface area contributed by atoms with Gasteiger partial charge in [0.1, 0.15) is 0 Å². The molecule has 3 unspecified atom stereocenters. The molecule has 96 valence electrons. The predicted octanol–water partition coefficient (Wildman–Crippen LogP) is 1.61. The molecule has 3 atom stereocenters. The second-order valence-electron chi connectivity index (χ2n) is 5.43. The first kappa shape index (κ1) is 12.6. The average Bonchev–Trinajstić information content (AvgIpc) is 2.95. The van der Waals surface area contributed by atoms with E-state index in [1.807, 2.05) is 13.2 Å². The quantitative estimate of drug-likeness (QED) is 0.836. The van der Waals surface area contributed by atoms with Crippen molar-refractivity contribution in [2.45, 2.75) is 38.7 Å². The molecular formula is C13H23N3O. The number of nitrogens with two attached hydrogens (primary N) is 1. The van der Waals surface area contributed by atoms with Crippen LogP contribution in [0.5, 0.6) is 0 Å². The molecule has 1 aromatic rings. The average molecular weight is 237 g/mol. The molecule has 1 aliphatic carbocycles. The molecule has 0 radical (unpaired) electrons. The van der Waals surface area contributed by atoms with Crippen molar-refractivity contribution in [3.8, 4) is 0 Å². The number of nitrogens with zero attached hydrogens (tertiary/aromatic N) is 2. The summed E-state index contributed by atoms with van der Waals surface area (Å²) in [6, 6.07) is 0. The van der Waals surface area contributed by atoms with Crippen molar-refractivity contribution < 1.29 is 5.11 Å². The van der Waals surface area contributed by atoms with E-state index in [0.29, 0.717) is 12.5 Å². The molecule has 4 heteroatoms. The van der Waals surface area contributed by atoms with Crippen LogP contribution in [0.25, 0.3) is 0 Å². The molecule has 1 aromatic heterocycles. The molecule has 0 spiro atoms. The normalized spacial score (nSPS) is 30.7. The molecule has 0 amide bonds. The number of aliphatic hydroxyl groups excluding tert-OH is 1. The van der Waals surface area contributed by atoms with E-state index in [-0.39, 0.29) is 5.41 Å². The van der Waals surface area contributed by atoms with Crippen LogP contribution in [-0.4, -0.2) is 21.4 Å². The van der Waals surface area contributed by atoms with Gasteiger partial charge in [-0.3, -0.25) is 4.68 Å². The number of hydrogen-bond acceptors (Lipinski definition) is 3. The van der Waals surface area contributed by atoms with Gasteiger partial charge >= 0.3 is 0 Å². The Kier molecular flexibility index (Phi) is 3.54. The second-order valence-corrected chi connectivity index (χ2v) is 5.43. The van der Waals surface area contributed by atoms with Crippen molar-refractivity contribution in [2.24, 2.45) is 24.1 Å². The van der Waals surface area contributed by atoms with E-state index >= 15 is 0 Å². The van der Waals surface area contributed by atoms with E-state index in [2.05, 4.69) is 12.0 Å². The summed E-state index contributed by atoms with van der Waals surface area (Å²) in [7, 11) is 1.87. The van der Waals surface area contributed by atoms with Gasteiger partial charge in [0.25, 0.3) is 0 Å². The summed E-state index contributed by atoms with van der Waals surface area (Å²) in [5, 5.41) is 14.7. The summed E-state index contributed by atoms with van der Waals surface area (Å²) in [5.74, 6) is 0.713. The molecule has 3 N–H and O–H groups in total. The van der Waals surface area contributed by atoms with Crippen LogP contribution in [-0.2, 0) is 7.05 Å². The third kappa shape index (κ3) is 2.24. The number of aliphatic hydroxyl groups is 1. The van der Waals surface area contributed by atoms with Gasteiger partial charge in [-0.15, -0.1) is 0 Å². The van der Waals surface area contributed by atoms with Gasteiger partial charge in [-0.05, 0) is 25.2 Å². The van der Waals surface area contributed by atoms with Crippen LogP contribution in [0, 0.1) is 11.3 Å². The Morgan fingerprint density at radius 2 is 2.47 bits per heavy atom. The first-order chi connectivity index (χ1) is 8.11. The summed E-state index contributed by atoms with van der Waals surface area (Å²) >= 11 is 0. The van der Waals surface area contributed by atoms with E-state index in [1.54, 1.807) is 10.9 Å². The largest absolute Gasteiger partial charge is 0.388 e. The Bertz CT molecular complexity index is 376. The highest BCUT2D eigenvalue weighted by Gasteiger charge is 2.43. The van der Waals surface area contributed by atoms with E-state index in [9.17, 15) is 5.11 Å². The van der Waals surface area contributed by atoms with Gasteiger partial charge < -0.3 is 10.8 Å². The fourth-order valence-electron chi connectivity index (χ4n) is 3.10. The van der Waals surface area contributed by atoms with Crippen molar-refractivity contribution >= 4 is 0 Å². The lowest BCUT2D eigenvalue weighted by atomic mass is 9.77. The van der Waals surface area contributed by atoms with E-state index in [4.69, 9.17) is 5.73 Å². The zero-order valence-corrected chi connectivity index (χ0v) is 10.8. The fourth-order valence-corrected chi connectivity index (χ4v) is 3.10. The SMILES string of the molecule is CCC1CCC(CN)(C(O)c2cnn(C)c2)C1. The van der Waals surface area contributed by atoms with E-state index < -0.39 is 6.10 Å². The first-order valence-electron chi connectivity index (χ1n) is 6.48. The first-order valence-corrected chi connectivity index (χ1v) is 6.48. The van der Waals surface area contributed by atoms with Gasteiger partial charge in [-0.1, -0.05) is 13.3 Å². The number of hydrogen-bond donors (Lipinski definition) is 2. The highest BCUT2D eigenvalue weighted by atomic mass is 16.3. The number of aryl methyl sites for hydroxylation is 1. The molecule has 0 bridgehead atoms. The van der Waals surface area contributed by atoms with Gasteiger partial charge in [0.2, 0.25) is 0 Å². The van der Waals surface area contributed by atoms with Crippen molar-refractivity contribution in [3.63, 3.8) is 0 Å². The van der Waals surface area contributed by atoms with E-state index in [0.717, 1.165) is 18.4 Å². The molecule has 1 aliphatic rings. The molecule has 1 saturated carbocycles. The molecule has 2 rings (SSSR count). The van der Waals surface area contributed by atoms with E-state index in [1.165, 1.54) is 12.8 Å². The molecule has 0 aliphatic heterocycles. The van der Waals surface area contributed by atoms with Gasteiger partial charge in [0.15, 0.2) is 0 Å². The topological polar surface area (TPSA) is 64.1 Å². The Morgan fingerprint density at radius 1 is 1.71 bits per heavy atom. The minimum Gasteiger partial charge on any atom is -0.388 e. The Hall–Kier alpha value is -0.870. The lowest BCUT2D eigenvalue weighted by Gasteiger charge is -2.33. The number of aromatic nitrogens is 2. The maximum Gasteiger partial charge on any atom is 0.0888 e. The number of rotatable bonds is 4. The fraction of sp³-hybridized carbons (Fsp3) is 0.769. The van der Waals surface area contributed by atoms with Crippen molar-refractivity contribution in [1.82, 2.24) is 9.78 Å². The Labute approximate surface area is 103 Å². The molecule has 1 heterocycles.